The number of rotatable bonds is 5. The maximum atomic E-state index is 12.2. The van der Waals surface area contributed by atoms with Crippen molar-refractivity contribution in [2.75, 3.05) is 19.6 Å². The number of likely N-dealkylation sites (tertiary alicyclic amines) is 1. The summed E-state index contributed by atoms with van der Waals surface area (Å²) in [7, 11) is 0. The Morgan fingerprint density at radius 3 is 2.45 bits per heavy atom. The Morgan fingerprint density at radius 1 is 1.15 bits per heavy atom. The summed E-state index contributed by atoms with van der Waals surface area (Å²) in [4.78, 5) is 14.2. The van der Waals surface area contributed by atoms with Crippen LogP contribution >= 0.6 is 0 Å². The van der Waals surface area contributed by atoms with Gasteiger partial charge in [-0.1, -0.05) is 43.2 Å². The van der Waals surface area contributed by atoms with E-state index in [2.05, 4.69) is 36.5 Å². The van der Waals surface area contributed by atoms with Gasteiger partial charge in [0.1, 0.15) is 0 Å². The molecular formula is C17H26N2O. The topological polar surface area (TPSA) is 32.3 Å². The molecule has 0 aromatic heterocycles. The second kappa shape index (κ2) is 8.05. The van der Waals surface area contributed by atoms with E-state index in [0.717, 1.165) is 32.4 Å². The fourth-order valence-electron chi connectivity index (χ4n) is 2.73. The fraction of sp³-hybridized carbons (Fsp3) is 0.588. The number of carbonyl (C=O) groups is 1. The van der Waals surface area contributed by atoms with Crippen LogP contribution in [0.25, 0.3) is 0 Å². The number of nitrogens with zero attached hydrogens (tertiary/aromatic N) is 1. The van der Waals surface area contributed by atoms with Crippen LogP contribution in [0.3, 0.4) is 0 Å². The first kappa shape index (κ1) is 15.0. The summed E-state index contributed by atoms with van der Waals surface area (Å²) in [6, 6.07) is 10.7. The van der Waals surface area contributed by atoms with Crippen LogP contribution in [-0.4, -0.2) is 36.5 Å². The van der Waals surface area contributed by atoms with E-state index in [1.807, 2.05) is 11.0 Å². The molecule has 1 atom stereocenters. The quantitative estimate of drug-likeness (QED) is 0.895. The molecule has 0 bridgehead atoms. The highest BCUT2D eigenvalue weighted by Crippen LogP contribution is 2.09. The van der Waals surface area contributed by atoms with Gasteiger partial charge in [0.25, 0.3) is 0 Å². The largest absolute Gasteiger partial charge is 0.342 e. The van der Waals surface area contributed by atoms with Crippen molar-refractivity contribution in [3.05, 3.63) is 35.9 Å². The maximum absolute atomic E-state index is 12.2. The van der Waals surface area contributed by atoms with E-state index in [1.165, 1.54) is 18.4 Å². The Hall–Kier alpha value is -1.35. The van der Waals surface area contributed by atoms with Crippen molar-refractivity contribution in [3.63, 3.8) is 0 Å². The highest BCUT2D eigenvalue weighted by atomic mass is 16.2. The Bertz CT molecular complexity index is 397. The average molecular weight is 274 g/mol. The Morgan fingerprint density at radius 2 is 1.80 bits per heavy atom. The highest BCUT2D eigenvalue weighted by molar-refractivity contribution is 5.78. The standard InChI is InChI=1S/C17H26N2O/c1-15(13-16-9-5-4-6-10-16)18-14-17(20)19-11-7-2-3-8-12-19/h4-6,9-10,15,18H,2-3,7-8,11-14H2,1H3. The van der Waals surface area contributed by atoms with Gasteiger partial charge in [0.2, 0.25) is 5.91 Å². The summed E-state index contributed by atoms with van der Waals surface area (Å²) in [5.41, 5.74) is 1.31. The molecule has 3 heteroatoms. The van der Waals surface area contributed by atoms with Crippen molar-refractivity contribution in [1.82, 2.24) is 10.2 Å². The first-order valence-corrected chi connectivity index (χ1v) is 7.81. The van der Waals surface area contributed by atoms with Crippen LogP contribution in [0.4, 0.5) is 0 Å². The molecule has 3 nitrogen and oxygen atoms in total. The monoisotopic (exact) mass is 274 g/mol. The molecule has 1 aliphatic heterocycles. The van der Waals surface area contributed by atoms with Crippen molar-refractivity contribution in [2.24, 2.45) is 0 Å². The SMILES string of the molecule is CC(Cc1ccccc1)NCC(=O)N1CCCCCC1. The summed E-state index contributed by atoms with van der Waals surface area (Å²) >= 11 is 0. The van der Waals surface area contributed by atoms with Gasteiger partial charge in [-0.15, -0.1) is 0 Å². The molecule has 0 radical (unpaired) electrons. The average Bonchev–Trinajstić information content (AvgIpc) is 2.75. The number of amides is 1. The van der Waals surface area contributed by atoms with Gasteiger partial charge in [0, 0.05) is 19.1 Å². The van der Waals surface area contributed by atoms with E-state index >= 15 is 0 Å². The first-order valence-electron chi connectivity index (χ1n) is 7.81. The van der Waals surface area contributed by atoms with Gasteiger partial charge < -0.3 is 10.2 Å². The third kappa shape index (κ3) is 4.97. The Kier molecular flexibility index (Phi) is 6.06. The maximum Gasteiger partial charge on any atom is 0.236 e. The first-order chi connectivity index (χ1) is 9.75. The molecule has 1 saturated heterocycles. The molecular weight excluding hydrogens is 248 g/mol. The van der Waals surface area contributed by atoms with Crippen molar-refractivity contribution >= 4 is 5.91 Å². The van der Waals surface area contributed by atoms with E-state index < -0.39 is 0 Å². The molecule has 0 spiro atoms. The number of hydrogen-bond donors (Lipinski definition) is 1. The smallest absolute Gasteiger partial charge is 0.236 e. The predicted molar refractivity (Wildman–Crippen MR) is 82.7 cm³/mol. The highest BCUT2D eigenvalue weighted by Gasteiger charge is 2.15. The normalized spacial score (nSPS) is 17.6. The number of carbonyl (C=O) groups excluding carboxylic acids is 1. The zero-order valence-electron chi connectivity index (χ0n) is 12.5. The molecule has 1 aliphatic rings. The van der Waals surface area contributed by atoms with E-state index in [-0.39, 0.29) is 5.91 Å². The van der Waals surface area contributed by atoms with Crippen molar-refractivity contribution in [1.29, 1.82) is 0 Å². The molecule has 1 N–H and O–H groups in total. The predicted octanol–water partition coefficient (Wildman–Crippen LogP) is 2.61. The fourth-order valence-corrected chi connectivity index (χ4v) is 2.73. The van der Waals surface area contributed by atoms with Gasteiger partial charge in [0.15, 0.2) is 0 Å². The van der Waals surface area contributed by atoms with Crippen LogP contribution in [0.1, 0.15) is 38.2 Å². The molecule has 110 valence electrons. The number of benzene rings is 1. The van der Waals surface area contributed by atoms with Crippen LogP contribution in [0.5, 0.6) is 0 Å². The number of nitrogens with one attached hydrogen (secondary N) is 1. The summed E-state index contributed by atoms with van der Waals surface area (Å²) in [6.07, 6.45) is 5.81. The zero-order valence-corrected chi connectivity index (χ0v) is 12.5. The summed E-state index contributed by atoms with van der Waals surface area (Å²) < 4.78 is 0. The lowest BCUT2D eigenvalue weighted by molar-refractivity contribution is -0.130. The Balaban J connectivity index is 1.72. The lowest BCUT2D eigenvalue weighted by Gasteiger charge is -2.22. The van der Waals surface area contributed by atoms with Crippen molar-refractivity contribution in [2.45, 2.75) is 45.1 Å². The second-order valence-corrected chi connectivity index (χ2v) is 5.77. The van der Waals surface area contributed by atoms with Gasteiger partial charge in [0.05, 0.1) is 6.54 Å². The minimum atomic E-state index is 0.256. The molecule has 1 heterocycles. The van der Waals surface area contributed by atoms with Gasteiger partial charge >= 0.3 is 0 Å². The minimum Gasteiger partial charge on any atom is -0.342 e. The molecule has 1 amide bonds. The van der Waals surface area contributed by atoms with Crippen LogP contribution in [-0.2, 0) is 11.2 Å². The molecule has 1 aromatic rings. The molecule has 1 aromatic carbocycles. The van der Waals surface area contributed by atoms with Gasteiger partial charge in [-0.3, -0.25) is 4.79 Å². The molecule has 0 aliphatic carbocycles. The van der Waals surface area contributed by atoms with Crippen LogP contribution in [0.15, 0.2) is 30.3 Å². The van der Waals surface area contributed by atoms with Gasteiger partial charge in [-0.05, 0) is 31.7 Å². The van der Waals surface area contributed by atoms with Gasteiger partial charge in [-0.25, -0.2) is 0 Å². The van der Waals surface area contributed by atoms with Crippen LogP contribution in [0, 0.1) is 0 Å². The van der Waals surface area contributed by atoms with E-state index in [1.54, 1.807) is 0 Å². The second-order valence-electron chi connectivity index (χ2n) is 5.77. The molecule has 1 fully saturated rings. The lowest BCUT2D eigenvalue weighted by atomic mass is 10.1. The zero-order chi connectivity index (χ0) is 14.2. The van der Waals surface area contributed by atoms with E-state index in [0.29, 0.717) is 12.6 Å². The summed E-state index contributed by atoms with van der Waals surface area (Å²) in [5, 5.41) is 3.36. The van der Waals surface area contributed by atoms with Gasteiger partial charge in [-0.2, -0.15) is 0 Å². The van der Waals surface area contributed by atoms with E-state index in [9.17, 15) is 4.79 Å². The minimum absolute atomic E-state index is 0.256. The molecule has 1 unspecified atom stereocenters. The molecule has 20 heavy (non-hydrogen) atoms. The van der Waals surface area contributed by atoms with Crippen LogP contribution < -0.4 is 5.32 Å². The van der Waals surface area contributed by atoms with Crippen molar-refractivity contribution in [3.8, 4) is 0 Å². The summed E-state index contributed by atoms with van der Waals surface area (Å²) in [6.45, 7) is 4.48. The third-order valence-electron chi connectivity index (χ3n) is 3.95. The number of hydrogen-bond acceptors (Lipinski definition) is 2. The van der Waals surface area contributed by atoms with Crippen LogP contribution in [0.2, 0.25) is 0 Å². The third-order valence-corrected chi connectivity index (χ3v) is 3.95. The Labute approximate surface area is 122 Å². The molecule has 0 saturated carbocycles. The van der Waals surface area contributed by atoms with E-state index in [4.69, 9.17) is 0 Å². The lowest BCUT2D eigenvalue weighted by Crippen LogP contribution is -2.41. The summed E-state index contributed by atoms with van der Waals surface area (Å²) in [5.74, 6) is 0.256. The van der Waals surface area contributed by atoms with Crippen molar-refractivity contribution < 1.29 is 4.79 Å². The molecule has 2 rings (SSSR count).